The van der Waals surface area contributed by atoms with Crippen LogP contribution in [0, 0.1) is 0 Å². The van der Waals surface area contributed by atoms with E-state index in [0.29, 0.717) is 11.5 Å². The second-order valence-corrected chi connectivity index (χ2v) is 7.56. The van der Waals surface area contributed by atoms with Crippen LogP contribution in [0.4, 0.5) is 0 Å². The quantitative estimate of drug-likeness (QED) is 0.455. The van der Waals surface area contributed by atoms with Crippen molar-refractivity contribution in [3.63, 3.8) is 0 Å². The number of ether oxygens (including phenoxy) is 3. The predicted molar refractivity (Wildman–Crippen MR) is 113 cm³/mol. The molecule has 1 aromatic carbocycles. The van der Waals surface area contributed by atoms with Crippen LogP contribution in [0.3, 0.4) is 0 Å². The predicted octanol–water partition coefficient (Wildman–Crippen LogP) is 1.68. The van der Waals surface area contributed by atoms with Gasteiger partial charge >= 0.3 is 0 Å². The van der Waals surface area contributed by atoms with Gasteiger partial charge in [-0.3, -0.25) is 0 Å². The van der Waals surface area contributed by atoms with Crippen molar-refractivity contribution in [1.82, 2.24) is 0 Å². The molecule has 30 heavy (non-hydrogen) atoms. The van der Waals surface area contributed by atoms with E-state index in [0.717, 1.165) is 16.9 Å². The van der Waals surface area contributed by atoms with Gasteiger partial charge in [-0.25, -0.2) is 0 Å². The van der Waals surface area contributed by atoms with Crippen LogP contribution in [0.25, 0.3) is 0 Å². The number of methoxy groups -OCH3 is 2. The molecule has 166 valence electrons. The SMILES string of the molecule is C=C(/C=C\C(Cl)=C(/C)Cc1ccc(OC)cc1)[C@]1(OC)O[C@H](CO)[C@@H](O)[C@H](O)[C@H]1O. The smallest absolute Gasteiger partial charge is 0.224 e. The van der Waals surface area contributed by atoms with E-state index in [1.165, 1.54) is 13.2 Å². The van der Waals surface area contributed by atoms with Crippen LogP contribution in [0.2, 0.25) is 0 Å². The molecule has 0 amide bonds. The summed E-state index contributed by atoms with van der Waals surface area (Å²) in [5.74, 6) is -1.07. The number of halogens is 1. The molecular weight excluding hydrogens is 412 g/mol. The zero-order valence-electron chi connectivity index (χ0n) is 17.3. The van der Waals surface area contributed by atoms with Gasteiger partial charge in [-0.2, -0.15) is 0 Å². The molecule has 0 spiro atoms. The number of allylic oxidation sites excluding steroid dienone is 3. The maximum absolute atomic E-state index is 10.5. The van der Waals surface area contributed by atoms with E-state index in [1.54, 1.807) is 13.2 Å². The van der Waals surface area contributed by atoms with Crippen LogP contribution in [-0.4, -0.2) is 71.5 Å². The zero-order valence-corrected chi connectivity index (χ0v) is 18.0. The Morgan fingerprint density at radius 3 is 2.33 bits per heavy atom. The van der Waals surface area contributed by atoms with Crippen LogP contribution in [0.15, 0.2) is 59.2 Å². The third-order valence-electron chi connectivity index (χ3n) is 5.17. The lowest BCUT2D eigenvalue weighted by Gasteiger charge is -2.47. The van der Waals surface area contributed by atoms with Gasteiger partial charge in [-0.15, -0.1) is 0 Å². The van der Waals surface area contributed by atoms with E-state index in [1.807, 2.05) is 31.2 Å². The first-order valence-electron chi connectivity index (χ1n) is 9.43. The fourth-order valence-electron chi connectivity index (χ4n) is 3.27. The van der Waals surface area contributed by atoms with E-state index in [9.17, 15) is 20.4 Å². The van der Waals surface area contributed by atoms with Gasteiger partial charge < -0.3 is 34.6 Å². The number of hydrogen-bond acceptors (Lipinski definition) is 7. The minimum Gasteiger partial charge on any atom is -0.497 e. The molecule has 4 N–H and O–H groups in total. The van der Waals surface area contributed by atoms with Gasteiger partial charge in [-0.1, -0.05) is 42.0 Å². The Morgan fingerprint density at radius 2 is 1.80 bits per heavy atom. The molecule has 0 radical (unpaired) electrons. The second-order valence-electron chi connectivity index (χ2n) is 7.15. The Hall–Kier alpha value is -1.71. The first-order chi connectivity index (χ1) is 14.2. The number of aliphatic hydroxyl groups is 4. The molecule has 0 aromatic heterocycles. The molecule has 1 fully saturated rings. The molecule has 8 heteroatoms. The molecule has 0 bridgehead atoms. The Morgan fingerprint density at radius 1 is 1.17 bits per heavy atom. The van der Waals surface area contributed by atoms with E-state index in [4.69, 9.17) is 25.8 Å². The lowest BCUT2D eigenvalue weighted by atomic mass is 9.88. The summed E-state index contributed by atoms with van der Waals surface area (Å²) in [6, 6.07) is 7.64. The second kappa shape index (κ2) is 10.5. The summed E-state index contributed by atoms with van der Waals surface area (Å²) in [4.78, 5) is 0. The zero-order chi connectivity index (χ0) is 22.5. The minimum atomic E-state index is -1.84. The van der Waals surface area contributed by atoms with Crippen molar-refractivity contribution in [1.29, 1.82) is 0 Å². The van der Waals surface area contributed by atoms with Crippen molar-refractivity contribution in [3.8, 4) is 5.75 Å². The van der Waals surface area contributed by atoms with E-state index >= 15 is 0 Å². The molecular formula is C22H29ClO7. The van der Waals surface area contributed by atoms with Crippen LogP contribution in [0.1, 0.15) is 12.5 Å². The van der Waals surface area contributed by atoms with Gasteiger partial charge in [0.05, 0.1) is 13.7 Å². The summed E-state index contributed by atoms with van der Waals surface area (Å²) in [5.41, 5.74) is 2.12. The van der Waals surface area contributed by atoms with Crippen LogP contribution >= 0.6 is 11.6 Å². The van der Waals surface area contributed by atoms with Gasteiger partial charge in [-0.05, 0) is 37.1 Å². The highest BCUT2D eigenvalue weighted by Gasteiger charge is 2.55. The normalized spacial score (nSPS) is 30.3. The molecule has 7 nitrogen and oxygen atoms in total. The highest BCUT2D eigenvalue weighted by Crippen LogP contribution is 2.36. The first kappa shape index (κ1) is 24.6. The highest BCUT2D eigenvalue weighted by molar-refractivity contribution is 6.31. The minimum absolute atomic E-state index is 0.164. The lowest BCUT2D eigenvalue weighted by molar-refractivity contribution is -0.338. The van der Waals surface area contributed by atoms with Gasteiger partial charge in [0.25, 0.3) is 0 Å². The molecule has 0 saturated carbocycles. The van der Waals surface area contributed by atoms with E-state index < -0.39 is 36.8 Å². The Balaban J connectivity index is 2.19. The average Bonchev–Trinajstić information content (AvgIpc) is 2.76. The molecule has 0 aliphatic carbocycles. The van der Waals surface area contributed by atoms with Crippen molar-refractivity contribution >= 4 is 11.6 Å². The Bertz CT molecular complexity index is 787. The number of hydrogen-bond donors (Lipinski definition) is 4. The molecule has 1 aromatic rings. The standard InChI is InChI=1S/C22H29ClO7/c1-13(11-15-6-8-16(28-3)9-7-15)17(23)10-5-14(2)22(29-4)21(27)20(26)19(25)18(12-24)30-22/h5-10,18-21,24-27H,2,11-12H2,1,3-4H3/b10-5-,17-13-/t18-,19-,20+,21-,22+/m1/s1. The van der Waals surface area contributed by atoms with Gasteiger partial charge in [0.15, 0.2) is 0 Å². The van der Waals surface area contributed by atoms with E-state index in [-0.39, 0.29) is 5.57 Å². The third kappa shape index (κ3) is 5.12. The summed E-state index contributed by atoms with van der Waals surface area (Å²) in [6.45, 7) is 5.18. The number of rotatable bonds is 8. The van der Waals surface area contributed by atoms with Crippen molar-refractivity contribution in [3.05, 3.63) is 64.7 Å². The fourth-order valence-corrected chi connectivity index (χ4v) is 3.40. The topological polar surface area (TPSA) is 109 Å². The number of aliphatic hydroxyl groups excluding tert-OH is 4. The van der Waals surface area contributed by atoms with Crippen LogP contribution < -0.4 is 4.74 Å². The summed E-state index contributed by atoms with van der Waals surface area (Å²) in [7, 11) is 2.88. The maximum Gasteiger partial charge on any atom is 0.224 e. The van der Waals surface area contributed by atoms with Crippen molar-refractivity contribution in [2.45, 2.75) is 43.5 Å². The first-order valence-corrected chi connectivity index (χ1v) is 9.81. The van der Waals surface area contributed by atoms with Gasteiger partial charge in [0.1, 0.15) is 30.2 Å². The molecule has 0 unspecified atom stereocenters. The lowest BCUT2D eigenvalue weighted by Crippen LogP contribution is -2.66. The maximum atomic E-state index is 10.5. The monoisotopic (exact) mass is 440 g/mol. The van der Waals surface area contributed by atoms with Crippen molar-refractivity contribution in [2.75, 3.05) is 20.8 Å². The third-order valence-corrected chi connectivity index (χ3v) is 5.62. The summed E-state index contributed by atoms with van der Waals surface area (Å²) >= 11 is 6.41. The average molecular weight is 441 g/mol. The Labute approximate surface area is 181 Å². The molecule has 1 heterocycles. The highest BCUT2D eigenvalue weighted by atomic mass is 35.5. The number of benzene rings is 1. The van der Waals surface area contributed by atoms with E-state index in [2.05, 4.69) is 6.58 Å². The molecule has 5 atom stereocenters. The largest absolute Gasteiger partial charge is 0.497 e. The fraction of sp³-hybridized carbons (Fsp3) is 0.455. The van der Waals surface area contributed by atoms with Gasteiger partial charge in [0.2, 0.25) is 5.79 Å². The van der Waals surface area contributed by atoms with Crippen LogP contribution in [0.5, 0.6) is 5.75 Å². The van der Waals surface area contributed by atoms with Crippen molar-refractivity contribution < 1.29 is 34.6 Å². The molecule has 2 rings (SSSR count). The van der Waals surface area contributed by atoms with Gasteiger partial charge in [0, 0.05) is 17.7 Å². The molecule has 1 aliphatic rings. The summed E-state index contributed by atoms with van der Waals surface area (Å²) in [6.07, 6.45) is -2.14. The summed E-state index contributed by atoms with van der Waals surface area (Å²) < 4.78 is 16.1. The summed E-state index contributed by atoms with van der Waals surface area (Å²) in [5, 5.41) is 40.4. The molecule has 1 saturated heterocycles. The van der Waals surface area contributed by atoms with Crippen molar-refractivity contribution in [2.24, 2.45) is 0 Å². The molecule has 1 aliphatic heterocycles. The van der Waals surface area contributed by atoms with Crippen LogP contribution in [-0.2, 0) is 15.9 Å². The Kier molecular flexibility index (Phi) is 8.63.